The second-order valence-corrected chi connectivity index (χ2v) is 9.34. The number of unbranched alkanes of at least 4 members (excludes halogenated alkanes) is 1. The first-order valence-corrected chi connectivity index (χ1v) is 12.4. The normalized spacial score (nSPS) is 11.3. The van der Waals surface area contributed by atoms with Crippen molar-refractivity contribution in [1.82, 2.24) is 9.66 Å². The first-order valence-electron chi connectivity index (χ1n) is 11.3. The van der Waals surface area contributed by atoms with Crippen molar-refractivity contribution in [2.45, 2.75) is 32.8 Å². The van der Waals surface area contributed by atoms with Crippen LogP contribution in [0.25, 0.3) is 10.9 Å². The smallest absolute Gasteiger partial charge is 0.282 e. The van der Waals surface area contributed by atoms with Crippen molar-refractivity contribution < 1.29 is 9.66 Å². The number of nitrogens with zero attached hydrogens (tertiary/aromatic N) is 4. The van der Waals surface area contributed by atoms with E-state index in [0.717, 1.165) is 22.9 Å². The van der Waals surface area contributed by atoms with Gasteiger partial charge in [-0.15, -0.1) is 0 Å². The fourth-order valence-corrected chi connectivity index (χ4v) is 4.13. The van der Waals surface area contributed by atoms with Gasteiger partial charge in [0.25, 0.3) is 11.2 Å². The average molecular weight is 570 g/mol. The van der Waals surface area contributed by atoms with Crippen LogP contribution < -0.4 is 10.3 Å². The highest BCUT2D eigenvalue weighted by Crippen LogP contribution is 2.25. The van der Waals surface area contributed by atoms with Crippen molar-refractivity contribution in [2.75, 3.05) is 0 Å². The molecule has 0 aliphatic rings. The van der Waals surface area contributed by atoms with Crippen LogP contribution in [0.3, 0.4) is 0 Å². The van der Waals surface area contributed by atoms with Crippen LogP contribution in [0, 0.1) is 10.1 Å². The molecule has 0 saturated heterocycles. The fourth-order valence-electron chi connectivity index (χ4n) is 3.58. The van der Waals surface area contributed by atoms with Crippen LogP contribution in [0.4, 0.5) is 5.69 Å². The molecule has 1 aromatic heterocycles. The Bertz CT molecular complexity index is 1520. The van der Waals surface area contributed by atoms with Crippen LogP contribution in [0.15, 0.2) is 75.0 Å². The average Bonchev–Trinajstić information content (AvgIpc) is 2.87. The summed E-state index contributed by atoms with van der Waals surface area (Å²) in [6.45, 7) is 2.21. The zero-order valence-electron chi connectivity index (χ0n) is 19.4. The molecule has 0 fully saturated rings. The van der Waals surface area contributed by atoms with Gasteiger partial charge in [-0.3, -0.25) is 14.9 Å². The number of non-ortho nitro benzene ring substituents is 1. The molecule has 36 heavy (non-hydrogen) atoms. The number of halogens is 2. The Kier molecular flexibility index (Phi) is 8.12. The van der Waals surface area contributed by atoms with Gasteiger partial charge in [0, 0.05) is 39.2 Å². The summed E-state index contributed by atoms with van der Waals surface area (Å²) >= 11 is 9.63. The lowest BCUT2D eigenvalue weighted by Gasteiger charge is -2.11. The zero-order valence-corrected chi connectivity index (χ0v) is 21.7. The molecule has 184 valence electrons. The predicted molar refractivity (Wildman–Crippen MR) is 144 cm³/mol. The molecule has 0 saturated carbocycles. The minimum absolute atomic E-state index is 0.124. The Morgan fingerprint density at radius 3 is 2.75 bits per heavy atom. The number of nitro benzene ring substituents is 1. The summed E-state index contributed by atoms with van der Waals surface area (Å²) in [4.78, 5) is 28.9. The van der Waals surface area contributed by atoms with Gasteiger partial charge < -0.3 is 4.74 Å². The summed E-state index contributed by atoms with van der Waals surface area (Å²) in [6, 6.07) is 16.8. The van der Waals surface area contributed by atoms with Crippen molar-refractivity contribution in [1.29, 1.82) is 0 Å². The standard InChI is InChI=1S/C26H22BrClN4O4/c1-2-3-8-25-30-23-11-9-19(27)14-21(23)26(33)31(25)29-15-18-13-20(32(34)35)10-12-24(18)36-16-17-6-4-5-7-22(17)28/h4-7,9-15H,2-3,8,16H2,1H3. The number of hydrogen-bond donors (Lipinski definition) is 0. The molecular weight excluding hydrogens is 548 g/mol. The number of ether oxygens (including phenoxy) is 1. The number of hydrogen-bond acceptors (Lipinski definition) is 6. The maximum atomic E-state index is 13.3. The van der Waals surface area contributed by atoms with E-state index in [0.29, 0.717) is 39.5 Å². The lowest BCUT2D eigenvalue weighted by Crippen LogP contribution is -2.22. The monoisotopic (exact) mass is 568 g/mol. The zero-order chi connectivity index (χ0) is 25.7. The lowest BCUT2D eigenvalue weighted by atomic mass is 10.2. The molecule has 0 bridgehead atoms. The minimum Gasteiger partial charge on any atom is -0.488 e. The van der Waals surface area contributed by atoms with Crippen LogP contribution in [0.2, 0.25) is 5.02 Å². The first-order chi connectivity index (χ1) is 17.4. The van der Waals surface area contributed by atoms with Crippen LogP contribution in [-0.2, 0) is 13.0 Å². The lowest BCUT2D eigenvalue weighted by molar-refractivity contribution is -0.384. The van der Waals surface area contributed by atoms with E-state index in [1.165, 1.54) is 29.1 Å². The molecule has 8 nitrogen and oxygen atoms in total. The van der Waals surface area contributed by atoms with E-state index >= 15 is 0 Å². The Morgan fingerprint density at radius 1 is 1.19 bits per heavy atom. The molecule has 1 heterocycles. The Morgan fingerprint density at radius 2 is 2.00 bits per heavy atom. The maximum Gasteiger partial charge on any atom is 0.282 e. The molecule has 0 atom stereocenters. The highest BCUT2D eigenvalue weighted by Gasteiger charge is 2.14. The summed E-state index contributed by atoms with van der Waals surface area (Å²) in [5.41, 5.74) is 1.25. The van der Waals surface area contributed by atoms with Crippen LogP contribution in [0.1, 0.15) is 36.7 Å². The highest BCUT2D eigenvalue weighted by atomic mass is 79.9. The van der Waals surface area contributed by atoms with Crippen LogP contribution in [-0.4, -0.2) is 20.8 Å². The van der Waals surface area contributed by atoms with Gasteiger partial charge in [-0.05, 0) is 36.8 Å². The largest absolute Gasteiger partial charge is 0.488 e. The van der Waals surface area contributed by atoms with E-state index in [9.17, 15) is 14.9 Å². The molecule has 0 amide bonds. The quantitative estimate of drug-likeness (QED) is 0.130. The van der Waals surface area contributed by atoms with Gasteiger partial charge in [-0.2, -0.15) is 9.78 Å². The van der Waals surface area contributed by atoms with Crippen molar-refractivity contribution >= 4 is 50.3 Å². The minimum atomic E-state index is -0.497. The molecule has 0 unspecified atom stereocenters. The SMILES string of the molecule is CCCCc1nc2ccc(Br)cc2c(=O)n1N=Cc1cc([N+](=O)[O-])ccc1OCc1ccccc1Cl. The third kappa shape index (κ3) is 5.80. The van der Waals surface area contributed by atoms with Crippen molar-refractivity contribution in [2.24, 2.45) is 5.10 Å². The van der Waals surface area contributed by atoms with Gasteiger partial charge in [0.2, 0.25) is 0 Å². The van der Waals surface area contributed by atoms with Crippen LogP contribution >= 0.6 is 27.5 Å². The van der Waals surface area contributed by atoms with E-state index in [4.69, 9.17) is 16.3 Å². The molecule has 0 aliphatic carbocycles. The number of aryl methyl sites for hydroxylation is 1. The van der Waals surface area contributed by atoms with Gasteiger partial charge in [-0.1, -0.05) is 59.1 Å². The van der Waals surface area contributed by atoms with Gasteiger partial charge in [0.1, 0.15) is 18.2 Å². The molecule has 0 N–H and O–H groups in total. The summed E-state index contributed by atoms with van der Waals surface area (Å²) in [7, 11) is 0. The summed E-state index contributed by atoms with van der Waals surface area (Å²) in [5.74, 6) is 0.876. The Labute approximate surface area is 220 Å². The molecular formula is C26H22BrClN4O4. The fraction of sp³-hybridized carbons (Fsp3) is 0.192. The second kappa shape index (κ2) is 11.5. The topological polar surface area (TPSA) is 99.6 Å². The first kappa shape index (κ1) is 25.5. The molecule has 0 radical (unpaired) electrons. The van der Waals surface area contributed by atoms with E-state index in [2.05, 4.69) is 32.9 Å². The Hall–Kier alpha value is -3.56. The maximum absolute atomic E-state index is 13.3. The van der Waals surface area contributed by atoms with Crippen molar-refractivity contribution in [3.05, 3.63) is 108 Å². The second-order valence-electron chi connectivity index (χ2n) is 8.01. The summed E-state index contributed by atoms with van der Waals surface area (Å²) in [5, 5.41) is 16.8. The van der Waals surface area contributed by atoms with Gasteiger partial charge in [0.05, 0.1) is 22.0 Å². The van der Waals surface area contributed by atoms with Gasteiger partial charge in [0.15, 0.2) is 0 Å². The van der Waals surface area contributed by atoms with Crippen molar-refractivity contribution in [3.63, 3.8) is 0 Å². The van der Waals surface area contributed by atoms with E-state index in [1.54, 1.807) is 18.2 Å². The Balaban J connectivity index is 1.76. The summed E-state index contributed by atoms with van der Waals surface area (Å²) < 4.78 is 7.93. The third-order valence-electron chi connectivity index (χ3n) is 5.49. The molecule has 0 spiro atoms. The van der Waals surface area contributed by atoms with Crippen LogP contribution in [0.5, 0.6) is 5.75 Å². The highest BCUT2D eigenvalue weighted by molar-refractivity contribution is 9.10. The van der Waals surface area contributed by atoms with Gasteiger partial charge in [-0.25, -0.2) is 4.98 Å². The van der Waals surface area contributed by atoms with E-state index in [-0.39, 0.29) is 17.9 Å². The van der Waals surface area contributed by atoms with E-state index in [1.807, 2.05) is 24.3 Å². The third-order valence-corrected chi connectivity index (χ3v) is 6.35. The van der Waals surface area contributed by atoms with E-state index < -0.39 is 4.92 Å². The molecule has 4 aromatic rings. The number of aromatic nitrogens is 2. The number of benzene rings is 3. The number of nitro groups is 1. The number of rotatable bonds is 9. The predicted octanol–water partition coefficient (Wildman–Crippen LogP) is 6.52. The molecule has 4 rings (SSSR count). The van der Waals surface area contributed by atoms with Crippen molar-refractivity contribution in [3.8, 4) is 5.75 Å². The molecule has 10 heteroatoms. The summed E-state index contributed by atoms with van der Waals surface area (Å²) in [6.07, 6.45) is 3.69. The molecule has 3 aromatic carbocycles. The number of fused-ring (bicyclic) bond motifs is 1. The molecule has 0 aliphatic heterocycles. The van der Waals surface area contributed by atoms with Gasteiger partial charge >= 0.3 is 0 Å².